The lowest BCUT2D eigenvalue weighted by Crippen LogP contribution is -2.43. The summed E-state index contributed by atoms with van der Waals surface area (Å²) in [5.74, 6) is 0.910. The summed E-state index contributed by atoms with van der Waals surface area (Å²) < 4.78 is 0. The fourth-order valence-electron chi connectivity index (χ4n) is 5.07. The Morgan fingerprint density at radius 1 is 0.587 bits per heavy atom. The number of hydrogen-bond donors (Lipinski definition) is 3. The molecule has 2 aromatic heterocycles. The molecular weight excluding hydrogens is 568 g/mol. The molecule has 0 saturated carbocycles. The van der Waals surface area contributed by atoms with Gasteiger partial charge in [-0.2, -0.15) is 0 Å². The number of hydrogen-bond acceptors (Lipinski definition) is 8. The van der Waals surface area contributed by atoms with E-state index in [0.717, 1.165) is 65.4 Å². The summed E-state index contributed by atoms with van der Waals surface area (Å²) in [6.07, 6.45) is 0. The number of anilines is 3. The predicted octanol–water partition coefficient (Wildman–Crippen LogP) is 6.83. The third-order valence-electron chi connectivity index (χ3n) is 7.54. The minimum atomic E-state index is 0.450. The lowest BCUT2D eigenvalue weighted by atomic mass is 10.0. The van der Waals surface area contributed by atoms with Gasteiger partial charge in [0, 0.05) is 48.6 Å². The summed E-state index contributed by atoms with van der Waals surface area (Å²) in [4.78, 5) is 2.43. The van der Waals surface area contributed by atoms with Crippen molar-refractivity contribution in [1.29, 1.82) is 0 Å². The summed E-state index contributed by atoms with van der Waals surface area (Å²) in [5, 5.41) is 19.5. The lowest BCUT2D eigenvalue weighted by Gasteiger charge is -2.29. The van der Waals surface area contributed by atoms with Crippen LogP contribution in [0.2, 0.25) is 0 Å². The highest BCUT2D eigenvalue weighted by Gasteiger charge is 2.10. The van der Waals surface area contributed by atoms with E-state index in [1.165, 1.54) is 11.3 Å². The summed E-state index contributed by atoms with van der Waals surface area (Å²) in [7, 11) is 0. The molecule has 0 unspecified atom stereocenters. The maximum absolute atomic E-state index is 5.93. The first-order valence-electron chi connectivity index (χ1n) is 15.4. The number of benzene rings is 4. The maximum atomic E-state index is 5.93. The van der Waals surface area contributed by atoms with Gasteiger partial charge in [-0.3, -0.25) is 0 Å². The van der Waals surface area contributed by atoms with Gasteiger partial charge in [0.1, 0.15) is 5.82 Å². The summed E-state index contributed by atoms with van der Waals surface area (Å²) in [6.45, 7) is 8.57. The largest absolute Gasteiger partial charge is 0.382 e. The van der Waals surface area contributed by atoms with Crippen LogP contribution in [0, 0.1) is 13.8 Å². The van der Waals surface area contributed by atoms with Crippen LogP contribution in [-0.4, -0.2) is 46.6 Å². The molecule has 1 fully saturated rings. The van der Waals surface area contributed by atoms with Gasteiger partial charge in [-0.1, -0.05) is 109 Å². The Kier molecular flexibility index (Phi) is 11.0. The molecule has 1 aliphatic rings. The quantitative estimate of drug-likeness (QED) is 0.199. The zero-order valence-electron chi connectivity index (χ0n) is 26.3. The van der Waals surface area contributed by atoms with E-state index in [0.29, 0.717) is 11.6 Å². The Morgan fingerprint density at radius 2 is 1.15 bits per heavy atom. The van der Waals surface area contributed by atoms with Crippen molar-refractivity contribution in [2.45, 2.75) is 13.8 Å². The van der Waals surface area contributed by atoms with E-state index >= 15 is 0 Å². The highest BCUT2D eigenvalue weighted by Crippen LogP contribution is 2.27. The average Bonchev–Trinajstić information content (AvgIpc) is 3.11. The van der Waals surface area contributed by atoms with E-state index in [9.17, 15) is 0 Å². The van der Waals surface area contributed by atoms with Crippen molar-refractivity contribution in [2.75, 3.05) is 42.5 Å². The Balaban J connectivity index is 0.000000139. The number of nitrogens with one attached hydrogen (secondary N) is 1. The van der Waals surface area contributed by atoms with Gasteiger partial charge in [0.25, 0.3) is 0 Å². The number of aromatic nitrogens is 4. The Morgan fingerprint density at radius 3 is 1.74 bits per heavy atom. The molecule has 0 bridgehead atoms. The highest BCUT2D eigenvalue weighted by atomic mass is 15.2. The molecule has 3 heterocycles. The molecule has 8 heteroatoms. The number of nitrogens with zero attached hydrogens (tertiary/aromatic N) is 5. The van der Waals surface area contributed by atoms with Crippen LogP contribution in [0.25, 0.3) is 33.6 Å². The van der Waals surface area contributed by atoms with Gasteiger partial charge in [0.05, 0.1) is 11.4 Å². The van der Waals surface area contributed by atoms with E-state index in [1.807, 2.05) is 110 Å². The van der Waals surface area contributed by atoms with Crippen LogP contribution in [0.5, 0.6) is 0 Å². The molecule has 6 aromatic rings. The molecule has 1 aliphatic heterocycles. The molecule has 5 N–H and O–H groups in total. The molecule has 46 heavy (non-hydrogen) atoms. The summed E-state index contributed by atoms with van der Waals surface area (Å²) >= 11 is 0. The van der Waals surface area contributed by atoms with Crippen LogP contribution < -0.4 is 21.7 Å². The van der Waals surface area contributed by atoms with Crippen molar-refractivity contribution in [3.63, 3.8) is 0 Å². The number of rotatable bonds is 4. The second-order valence-corrected chi connectivity index (χ2v) is 11.0. The number of aryl methyl sites for hydroxylation is 2. The molecule has 7 rings (SSSR count). The third-order valence-corrected chi connectivity index (χ3v) is 7.54. The highest BCUT2D eigenvalue weighted by molar-refractivity contribution is 5.77. The molecule has 232 valence electrons. The van der Waals surface area contributed by atoms with Crippen LogP contribution in [0.4, 0.5) is 17.3 Å². The molecular formula is C38H40N8. The topological polar surface area (TPSA) is 119 Å². The standard InChI is InChI=1S/C16H13N3.C11H11N3.C11H16N2/c17-16-14(12-7-3-1-4-8-12)11-15(18-19-16)13-9-5-2-6-10-13;1-8-7-10(12)13-14-11(8)9-5-3-2-4-6-9;1-10-2-4-11(5-3-10)13-8-6-12-7-9-13/h1-11H,(H2,17,19);2-7H,1H3,(H2,12,13);2-5,12H,6-9H2,1H3. The second-order valence-electron chi connectivity index (χ2n) is 11.0. The average molecular weight is 609 g/mol. The van der Waals surface area contributed by atoms with E-state index in [1.54, 1.807) is 0 Å². The van der Waals surface area contributed by atoms with Gasteiger partial charge in [0.15, 0.2) is 5.82 Å². The van der Waals surface area contributed by atoms with Gasteiger partial charge in [-0.05, 0) is 49.2 Å². The maximum Gasteiger partial charge on any atom is 0.154 e. The Bertz CT molecular complexity index is 1790. The molecule has 4 aromatic carbocycles. The number of nitrogens with two attached hydrogens (primary N) is 2. The van der Waals surface area contributed by atoms with Crippen molar-refractivity contribution >= 4 is 17.3 Å². The van der Waals surface area contributed by atoms with Crippen molar-refractivity contribution < 1.29 is 0 Å². The van der Waals surface area contributed by atoms with Crippen LogP contribution in [0.15, 0.2) is 127 Å². The Labute approximate surface area is 271 Å². The predicted molar refractivity (Wildman–Crippen MR) is 190 cm³/mol. The lowest BCUT2D eigenvalue weighted by molar-refractivity contribution is 0.589. The molecule has 1 saturated heterocycles. The first-order chi connectivity index (χ1) is 22.5. The van der Waals surface area contributed by atoms with Gasteiger partial charge in [-0.15, -0.1) is 20.4 Å². The van der Waals surface area contributed by atoms with Crippen molar-refractivity contribution in [2.24, 2.45) is 0 Å². The van der Waals surface area contributed by atoms with Crippen molar-refractivity contribution in [3.05, 3.63) is 139 Å². The fraction of sp³-hybridized carbons (Fsp3) is 0.158. The van der Waals surface area contributed by atoms with E-state index in [-0.39, 0.29) is 0 Å². The molecule has 0 radical (unpaired) electrons. The van der Waals surface area contributed by atoms with Crippen LogP contribution in [0.3, 0.4) is 0 Å². The zero-order chi connectivity index (χ0) is 32.1. The third kappa shape index (κ3) is 8.74. The normalized spacial score (nSPS) is 12.3. The minimum Gasteiger partial charge on any atom is -0.382 e. The fourth-order valence-corrected chi connectivity index (χ4v) is 5.07. The second kappa shape index (κ2) is 15.9. The SMILES string of the molecule is Cc1cc(N)nnc1-c1ccccc1.Cc1ccc(N2CCNCC2)cc1.Nc1nnc(-c2ccccc2)cc1-c1ccccc1. The van der Waals surface area contributed by atoms with Gasteiger partial charge in [-0.25, -0.2) is 0 Å². The monoisotopic (exact) mass is 608 g/mol. The first-order valence-corrected chi connectivity index (χ1v) is 15.4. The van der Waals surface area contributed by atoms with Crippen LogP contribution in [-0.2, 0) is 0 Å². The van der Waals surface area contributed by atoms with Crippen molar-refractivity contribution in [1.82, 2.24) is 25.7 Å². The zero-order valence-corrected chi connectivity index (χ0v) is 26.3. The molecule has 8 nitrogen and oxygen atoms in total. The number of nitrogen functional groups attached to an aromatic ring is 2. The van der Waals surface area contributed by atoms with Crippen LogP contribution in [0.1, 0.15) is 11.1 Å². The summed E-state index contributed by atoms with van der Waals surface area (Å²) in [6, 6.07) is 42.5. The van der Waals surface area contributed by atoms with Gasteiger partial charge >= 0.3 is 0 Å². The molecule has 0 aliphatic carbocycles. The Hall–Kier alpha value is -5.60. The molecule has 0 amide bonds. The first kappa shape index (κ1) is 31.8. The van der Waals surface area contributed by atoms with Crippen molar-refractivity contribution in [3.8, 4) is 33.6 Å². The van der Waals surface area contributed by atoms with Crippen LogP contribution >= 0.6 is 0 Å². The van der Waals surface area contributed by atoms with Gasteiger partial charge < -0.3 is 21.7 Å². The van der Waals surface area contributed by atoms with E-state index < -0.39 is 0 Å². The van der Waals surface area contributed by atoms with E-state index in [2.05, 4.69) is 61.8 Å². The molecule has 0 spiro atoms. The molecule has 0 atom stereocenters. The minimum absolute atomic E-state index is 0.450. The smallest absolute Gasteiger partial charge is 0.154 e. The number of piperazine rings is 1. The van der Waals surface area contributed by atoms with E-state index in [4.69, 9.17) is 11.5 Å². The summed E-state index contributed by atoms with van der Waals surface area (Å²) in [5.41, 5.74) is 21.0. The van der Waals surface area contributed by atoms with Gasteiger partial charge in [0.2, 0.25) is 0 Å².